The first-order valence-corrected chi connectivity index (χ1v) is 12.7. The summed E-state index contributed by atoms with van der Waals surface area (Å²) in [5.41, 5.74) is 0.705. The Kier molecular flexibility index (Phi) is 16.2. The Labute approximate surface area is 186 Å². The molecule has 0 saturated heterocycles. The highest BCUT2D eigenvalue weighted by atomic mass is 16.5. The highest BCUT2D eigenvalue weighted by Gasteiger charge is 2.06. The third kappa shape index (κ3) is 13.7. The van der Waals surface area contributed by atoms with Crippen molar-refractivity contribution in [3.63, 3.8) is 0 Å². The molecule has 1 N–H and O–H groups in total. The summed E-state index contributed by atoms with van der Waals surface area (Å²) in [7, 11) is 0. The van der Waals surface area contributed by atoms with Gasteiger partial charge in [-0.2, -0.15) is 0 Å². The molecule has 1 rings (SSSR count). The number of carbonyl (C=O) groups is 1. The Morgan fingerprint density at radius 1 is 0.767 bits per heavy atom. The molecular weight excluding hydrogens is 370 g/mol. The van der Waals surface area contributed by atoms with E-state index in [0.29, 0.717) is 5.56 Å². The molecule has 0 aliphatic heterocycles. The minimum absolute atomic E-state index is 0.0137. The second kappa shape index (κ2) is 18.3. The van der Waals surface area contributed by atoms with Crippen molar-refractivity contribution in [2.45, 2.75) is 123 Å². The molecule has 0 aliphatic carbocycles. The van der Waals surface area contributed by atoms with Gasteiger partial charge in [0.1, 0.15) is 5.75 Å². The number of nitrogens with one attached hydrogen (secondary N) is 1. The van der Waals surface area contributed by atoms with E-state index in [1.807, 2.05) is 24.3 Å². The van der Waals surface area contributed by atoms with Crippen molar-refractivity contribution in [2.75, 3.05) is 6.54 Å². The molecule has 172 valence electrons. The van der Waals surface area contributed by atoms with E-state index in [2.05, 4.69) is 26.1 Å². The molecule has 1 amide bonds. The Morgan fingerprint density at radius 2 is 1.23 bits per heavy atom. The summed E-state index contributed by atoms with van der Waals surface area (Å²) in [6, 6.07) is 7.46. The van der Waals surface area contributed by atoms with Gasteiger partial charge in [0.25, 0.3) is 5.91 Å². The van der Waals surface area contributed by atoms with E-state index >= 15 is 0 Å². The van der Waals surface area contributed by atoms with Crippen molar-refractivity contribution in [3.05, 3.63) is 29.8 Å². The third-order valence-electron chi connectivity index (χ3n) is 5.84. The summed E-state index contributed by atoms with van der Waals surface area (Å²) in [5, 5.41) is 3.03. The largest absolute Gasteiger partial charge is 0.491 e. The maximum Gasteiger partial charge on any atom is 0.251 e. The summed E-state index contributed by atoms with van der Waals surface area (Å²) < 4.78 is 5.76. The molecule has 0 heterocycles. The van der Waals surface area contributed by atoms with Gasteiger partial charge in [0, 0.05) is 12.1 Å². The average molecular weight is 418 g/mol. The molecule has 0 bridgehead atoms. The van der Waals surface area contributed by atoms with Crippen molar-refractivity contribution in [1.29, 1.82) is 0 Å². The van der Waals surface area contributed by atoms with Gasteiger partial charge in [-0.1, -0.05) is 97.3 Å². The highest BCUT2D eigenvalue weighted by Crippen LogP contribution is 2.15. The quantitative estimate of drug-likeness (QED) is 0.231. The molecule has 1 aromatic carbocycles. The molecule has 0 spiro atoms. The van der Waals surface area contributed by atoms with E-state index in [-0.39, 0.29) is 12.0 Å². The van der Waals surface area contributed by atoms with E-state index in [1.165, 1.54) is 83.5 Å². The van der Waals surface area contributed by atoms with Crippen LogP contribution >= 0.6 is 0 Å². The van der Waals surface area contributed by atoms with Crippen molar-refractivity contribution in [1.82, 2.24) is 5.32 Å². The van der Waals surface area contributed by atoms with Crippen LogP contribution in [0.1, 0.15) is 127 Å². The predicted octanol–water partition coefficient (Wildman–Crippen LogP) is 8.08. The zero-order chi connectivity index (χ0) is 21.9. The predicted molar refractivity (Wildman–Crippen MR) is 129 cm³/mol. The van der Waals surface area contributed by atoms with Gasteiger partial charge in [0.05, 0.1) is 6.10 Å². The second-order valence-corrected chi connectivity index (χ2v) is 8.71. The lowest BCUT2D eigenvalue weighted by Gasteiger charge is -2.12. The summed E-state index contributed by atoms with van der Waals surface area (Å²) in [6.45, 7) is 7.20. The molecule has 30 heavy (non-hydrogen) atoms. The van der Waals surface area contributed by atoms with Crippen molar-refractivity contribution in [2.24, 2.45) is 0 Å². The van der Waals surface area contributed by atoms with Crippen LogP contribution in [0.2, 0.25) is 0 Å². The lowest BCUT2D eigenvalue weighted by molar-refractivity contribution is 0.0953. The van der Waals surface area contributed by atoms with Gasteiger partial charge in [-0.05, 0) is 44.0 Å². The standard InChI is InChI=1S/C27H47NO2/c1-4-6-7-8-9-10-11-12-13-14-15-16-17-18-23-28-27(29)25-19-21-26(22-20-25)30-24(3)5-2/h19-22,24H,4-18,23H2,1-3H3,(H,28,29). The second-order valence-electron chi connectivity index (χ2n) is 8.71. The number of ether oxygens (including phenoxy) is 1. The normalized spacial score (nSPS) is 12.0. The van der Waals surface area contributed by atoms with E-state index < -0.39 is 0 Å². The first-order chi connectivity index (χ1) is 14.7. The van der Waals surface area contributed by atoms with Crippen LogP contribution in [-0.4, -0.2) is 18.6 Å². The minimum atomic E-state index is 0.0137. The topological polar surface area (TPSA) is 38.3 Å². The van der Waals surface area contributed by atoms with E-state index in [0.717, 1.165) is 25.1 Å². The number of hydrogen-bond acceptors (Lipinski definition) is 2. The average Bonchev–Trinajstić information content (AvgIpc) is 2.76. The molecule has 0 aromatic heterocycles. The van der Waals surface area contributed by atoms with Gasteiger partial charge >= 0.3 is 0 Å². The van der Waals surface area contributed by atoms with Crippen molar-refractivity contribution >= 4 is 5.91 Å². The summed E-state index contributed by atoms with van der Waals surface area (Å²) in [4.78, 5) is 12.2. The molecule has 0 aliphatic rings. The molecule has 0 saturated carbocycles. The Morgan fingerprint density at radius 3 is 1.70 bits per heavy atom. The number of benzene rings is 1. The van der Waals surface area contributed by atoms with Crippen LogP contribution in [0.4, 0.5) is 0 Å². The minimum Gasteiger partial charge on any atom is -0.491 e. The summed E-state index contributed by atoms with van der Waals surface area (Å²) in [5.74, 6) is 0.840. The number of amides is 1. The highest BCUT2D eigenvalue weighted by molar-refractivity contribution is 5.94. The van der Waals surface area contributed by atoms with Gasteiger partial charge in [-0.15, -0.1) is 0 Å². The lowest BCUT2D eigenvalue weighted by Crippen LogP contribution is -2.24. The third-order valence-corrected chi connectivity index (χ3v) is 5.84. The molecular formula is C27H47NO2. The fraction of sp³-hybridized carbons (Fsp3) is 0.741. The van der Waals surface area contributed by atoms with Crippen LogP contribution in [-0.2, 0) is 0 Å². The van der Waals surface area contributed by atoms with Crippen LogP contribution in [0.25, 0.3) is 0 Å². The molecule has 1 unspecified atom stereocenters. The van der Waals surface area contributed by atoms with Crippen LogP contribution in [0.15, 0.2) is 24.3 Å². The van der Waals surface area contributed by atoms with Gasteiger partial charge in [0.15, 0.2) is 0 Å². The molecule has 0 radical (unpaired) electrons. The maximum absolute atomic E-state index is 12.2. The monoisotopic (exact) mass is 417 g/mol. The molecule has 1 atom stereocenters. The lowest BCUT2D eigenvalue weighted by atomic mass is 10.0. The van der Waals surface area contributed by atoms with Crippen LogP contribution in [0, 0.1) is 0 Å². The van der Waals surface area contributed by atoms with E-state index in [4.69, 9.17) is 4.74 Å². The fourth-order valence-corrected chi connectivity index (χ4v) is 3.62. The molecule has 3 nitrogen and oxygen atoms in total. The molecule has 3 heteroatoms. The number of unbranched alkanes of at least 4 members (excludes halogenated alkanes) is 13. The first kappa shape index (κ1) is 26.5. The van der Waals surface area contributed by atoms with Crippen molar-refractivity contribution < 1.29 is 9.53 Å². The number of hydrogen-bond donors (Lipinski definition) is 1. The molecule has 0 fully saturated rings. The van der Waals surface area contributed by atoms with Crippen LogP contribution < -0.4 is 10.1 Å². The Hall–Kier alpha value is -1.51. The maximum atomic E-state index is 12.2. The summed E-state index contributed by atoms with van der Waals surface area (Å²) in [6.07, 6.45) is 20.1. The summed E-state index contributed by atoms with van der Waals surface area (Å²) >= 11 is 0. The van der Waals surface area contributed by atoms with Gasteiger partial charge < -0.3 is 10.1 Å². The smallest absolute Gasteiger partial charge is 0.251 e. The first-order valence-electron chi connectivity index (χ1n) is 12.7. The van der Waals surface area contributed by atoms with Gasteiger partial charge in [-0.3, -0.25) is 4.79 Å². The van der Waals surface area contributed by atoms with Crippen LogP contribution in [0.5, 0.6) is 5.75 Å². The van der Waals surface area contributed by atoms with Gasteiger partial charge in [-0.25, -0.2) is 0 Å². The number of carbonyl (C=O) groups excluding carboxylic acids is 1. The Balaban J connectivity index is 1.93. The van der Waals surface area contributed by atoms with E-state index in [1.54, 1.807) is 0 Å². The number of rotatable bonds is 19. The van der Waals surface area contributed by atoms with Crippen molar-refractivity contribution in [3.8, 4) is 5.75 Å². The zero-order valence-electron chi connectivity index (χ0n) is 20.0. The SMILES string of the molecule is CCCCCCCCCCCCCCCCNC(=O)c1ccc(OC(C)CC)cc1. The Bertz CT molecular complexity index is 526. The van der Waals surface area contributed by atoms with Gasteiger partial charge in [0.2, 0.25) is 0 Å². The zero-order valence-corrected chi connectivity index (χ0v) is 20.0. The van der Waals surface area contributed by atoms with E-state index in [9.17, 15) is 4.79 Å². The van der Waals surface area contributed by atoms with Crippen LogP contribution in [0.3, 0.4) is 0 Å². The molecule has 1 aromatic rings. The fourth-order valence-electron chi connectivity index (χ4n) is 3.62.